The molecule has 1 N–H and O–H groups in total. The van der Waals surface area contributed by atoms with Crippen molar-refractivity contribution in [1.29, 1.82) is 0 Å². The van der Waals surface area contributed by atoms with Crippen LogP contribution in [0.2, 0.25) is 0 Å². The van der Waals surface area contributed by atoms with Crippen LogP contribution >= 0.6 is 0 Å². The number of ether oxygens (including phenoxy) is 6. The lowest BCUT2D eigenvalue weighted by Crippen LogP contribution is -2.36. The van der Waals surface area contributed by atoms with Gasteiger partial charge in [-0.3, -0.25) is 4.90 Å². The minimum absolute atomic E-state index is 0.0979. The van der Waals surface area contributed by atoms with E-state index in [1.165, 1.54) is 24.2 Å². The lowest BCUT2D eigenvalue weighted by molar-refractivity contribution is -0.153. The van der Waals surface area contributed by atoms with E-state index >= 15 is 4.39 Å². The maximum atomic E-state index is 15.1. The summed E-state index contributed by atoms with van der Waals surface area (Å²) in [5, 5.41) is 10.8. The van der Waals surface area contributed by atoms with Crippen LogP contribution in [0, 0.1) is 5.92 Å². The van der Waals surface area contributed by atoms with Gasteiger partial charge in [0.25, 0.3) is 0 Å². The minimum Gasteiger partial charge on any atom is -0.467 e. The molecule has 1 fully saturated rings. The summed E-state index contributed by atoms with van der Waals surface area (Å²) in [7, 11) is 2.98. The quantitative estimate of drug-likeness (QED) is 0.371. The monoisotopic (exact) mass is 579 g/mol. The SMILES string of the molecule is COCOc1cc(N(C)C(=O)OC(C)(C)C)cc2c1C(=O)O[C@@H](C)[C@H](C)/C=C(/F)C(O)[C@@H]1OC(C)(C)O[C@@H]1CC=C2. The van der Waals surface area contributed by atoms with Gasteiger partial charge in [-0.15, -0.1) is 0 Å². The molecule has 0 radical (unpaired) electrons. The molecular weight excluding hydrogens is 537 g/mol. The Kier molecular flexibility index (Phi) is 10.2. The molecule has 228 valence electrons. The Bertz CT molecular complexity index is 1170. The third kappa shape index (κ3) is 8.28. The number of nitrogens with zero attached hydrogens (tertiary/aromatic N) is 1. The smallest absolute Gasteiger partial charge is 0.414 e. The first-order chi connectivity index (χ1) is 19.0. The first-order valence-corrected chi connectivity index (χ1v) is 13.6. The Morgan fingerprint density at radius 1 is 1.22 bits per heavy atom. The van der Waals surface area contributed by atoms with Gasteiger partial charge in [0.2, 0.25) is 0 Å². The predicted octanol–water partition coefficient (Wildman–Crippen LogP) is 5.37. The van der Waals surface area contributed by atoms with Crippen molar-refractivity contribution in [2.45, 2.75) is 90.7 Å². The number of hydrogen-bond acceptors (Lipinski definition) is 9. The number of carbonyl (C=O) groups is 2. The van der Waals surface area contributed by atoms with Gasteiger partial charge in [0.05, 0.1) is 11.8 Å². The summed E-state index contributed by atoms with van der Waals surface area (Å²) in [6.07, 6.45) is 0.227. The number of fused-ring (bicyclic) bond motifs is 2. The molecule has 2 heterocycles. The number of benzene rings is 1. The fraction of sp³-hybridized carbons (Fsp3) is 0.600. The van der Waals surface area contributed by atoms with E-state index in [4.69, 9.17) is 28.4 Å². The van der Waals surface area contributed by atoms with Crippen LogP contribution in [0.15, 0.2) is 30.1 Å². The Hall–Kier alpha value is -2.99. The Morgan fingerprint density at radius 3 is 2.54 bits per heavy atom. The number of esters is 1. The van der Waals surface area contributed by atoms with Gasteiger partial charge in [0.1, 0.15) is 41.1 Å². The zero-order chi connectivity index (χ0) is 30.7. The predicted molar refractivity (Wildman–Crippen MR) is 150 cm³/mol. The van der Waals surface area contributed by atoms with Crippen LogP contribution in [-0.4, -0.2) is 73.9 Å². The number of rotatable bonds is 4. The van der Waals surface area contributed by atoms with E-state index in [1.807, 2.05) is 0 Å². The maximum Gasteiger partial charge on any atom is 0.414 e. The number of carbonyl (C=O) groups excluding carboxylic acids is 2. The Balaban J connectivity index is 2.14. The number of aliphatic hydroxyl groups excluding tert-OH is 1. The van der Waals surface area contributed by atoms with Gasteiger partial charge in [0.15, 0.2) is 12.6 Å². The van der Waals surface area contributed by atoms with E-state index in [0.29, 0.717) is 11.3 Å². The lowest BCUT2D eigenvalue weighted by atomic mass is 9.98. The van der Waals surface area contributed by atoms with E-state index < -0.39 is 59.6 Å². The van der Waals surface area contributed by atoms with Crippen LogP contribution in [-0.2, 0) is 23.7 Å². The molecule has 1 saturated heterocycles. The second-order valence-corrected chi connectivity index (χ2v) is 11.7. The Labute approximate surface area is 241 Å². The number of aliphatic hydroxyl groups is 1. The molecule has 2 aliphatic heterocycles. The van der Waals surface area contributed by atoms with Crippen molar-refractivity contribution in [3.63, 3.8) is 0 Å². The number of cyclic esters (lactones) is 1. The van der Waals surface area contributed by atoms with E-state index in [1.54, 1.807) is 73.7 Å². The number of anilines is 1. The molecular formula is C30H42FNO9. The third-order valence-corrected chi connectivity index (χ3v) is 6.65. The van der Waals surface area contributed by atoms with E-state index in [0.717, 1.165) is 0 Å². The second kappa shape index (κ2) is 12.9. The van der Waals surface area contributed by atoms with Gasteiger partial charge in [-0.05, 0) is 65.7 Å². The van der Waals surface area contributed by atoms with Crippen molar-refractivity contribution in [2.24, 2.45) is 5.92 Å². The van der Waals surface area contributed by atoms with Crippen LogP contribution in [0.4, 0.5) is 14.9 Å². The number of amides is 1. The summed E-state index contributed by atoms with van der Waals surface area (Å²) in [6, 6.07) is 3.16. The van der Waals surface area contributed by atoms with E-state index in [2.05, 4.69) is 0 Å². The van der Waals surface area contributed by atoms with Crippen LogP contribution in [0.3, 0.4) is 0 Å². The average Bonchev–Trinajstić information content (AvgIpc) is 3.18. The number of hydrogen-bond donors (Lipinski definition) is 1. The molecule has 5 atom stereocenters. The molecule has 0 saturated carbocycles. The van der Waals surface area contributed by atoms with Crippen LogP contribution in [0.25, 0.3) is 6.08 Å². The normalized spacial score (nSPS) is 27.9. The van der Waals surface area contributed by atoms with Gasteiger partial charge < -0.3 is 33.5 Å². The molecule has 10 nitrogen and oxygen atoms in total. The largest absolute Gasteiger partial charge is 0.467 e. The Morgan fingerprint density at radius 2 is 1.90 bits per heavy atom. The topological polar surface area (TPSA) is 113 Å². The molecule has 1 amide bonds. The number of methoxy groups -OCH3 is 1. The van der Waals surface area contributed by atoms with Gasteiger partial charge in [-0.25, -0.2) is 14.0 Å². The van der Waals surface area contributed by atoms with Crippen molar-refractivity contribution < 1.29 is 47.5 Å². The zero-order valence-electron chi connectivity index (χ0n) is 25.2. The maximum absolute atomic E-state index is 15.1. The highest BCUT2D eigenvalue weighted by atomic mass is 19.1. The standard InChI is InChI=1S/C30H42FNO9/c1-17-13-21(31)25(33)26-22(39-30(6,7)40-26)12-10-11-19-14-20(32(8)28(35)41-29(3,4)5)15-23(37-16-36-9)24(19)27(34)38-18(17)2/h10-11,13-15,17-18,22,25-26,33H,12,16H2,1-9H3/b11-10?,21-13+/t17-,18+,22-,25?,26-/m1/s1. The van der Waals surface area contributed by atoms with Crippen LogP contribution in [0.5, 0.6) is 5.75 Å². The highest BCUT2D eigenvalue weighted by molar-refractivity contribution is 5.99. The van der Waals surface area contributed by atoms with E-state index in [9.17, 15) is 14.7 Å². The summed E-state index contributed by atoms with van der Waals surface area (Å²) in [4.78, 5) is 27.7. The summed E-state index contributed by atoms with van der Waals surface area (Å²) >= 11 is 0. The molecule has 0 aliphatic carbocycles. The summed E-state index contributed by atoms with van der Waals surface area (Å²) in [5.74, 6) is -3.03. The van der Waals surface area contributed by atoms with Crippen molar-refractivity contribution in [3.05, 3.63) is 41.2 Å². The van der Waals surface area contributed by atoms with Gasteiger partial charge in [-0.2, -0.15) is 0 Å². The first kappa shape index (κ1) is 32.5. The molecule has 0 bridgehead atoms. The first-order valence-electron chi connectivity index (χ1n) is 13.6. The van der Waals surface area contributed by atoms with Gasteiger partial charge in [0, 0.05) is 26.1 Å². The summed E-state index contributed by atoms with van der Waals surface area (Å²) in [6.45, 7) is 11.8. The van der Waals surface area contributed by atoms with Crippen molar-refractivity contribution in [2.75, 3.05) is 25.9 Å². The molecule has 0 aromatic heterocycles. The fourth-order valence-corrected chi connectivity index (χ4v) is 4.46. The highest BCUT2D eigenvalue weighted by Gasteiger charge is 2.45. The molecule has 1 unspecified atom stereocenters. The summed E-state index contributed by atoms with van der Waals surface area (Å²) < 4.78 is 49.0. The van der Waals surface area contributed by atoms with Crippen LogP contribution in [0.1, 0.15) is 70.8 Å². The van der Waals surface area contributed by atoms with Crippen molar-refractivity contribution in [1.82, 2.24) is 0 Å². The van der Waals surface area contributed by atoms with E-state index in [-0.39, 0.29) is 24.5 Å². The highest BCUT2D eigenvalue weighted by Crippen LogP contribution is 2.36. The molecule has 1 aromatic carbocycles. The molecule has 0 spiro atoms. The molecule has 1 aromatic rings. The van der Waals surface area contributed by atoms with Gasteiger partial charge in [-0.1, -0.05) is 19.1 Å². The van der Waals surface area contributed by atoms with Crippen molar-refractivity contribution >= 4 is 23.8 Å². The molecule has 3 rings (SSSR count). The zero-order valence-corrected chi connectivity index (χ0v) is 25.2. The van der Waals surface area contributed by atoms with Crippen molar-refractivity contribution in [3.8, 4) is 5.75 Å². The van der Waals surface area contributed by atoms with Crippen LogP contribution < -0.4 is 9.64 Å². The second-order valence-electron chi connectivity index (χ2n) is 11.7. The number of halogens is 1. The van der Waals surface area contributed by atoms with Gasteiger partial charge >= 0.3 is 12.1 Å². The minimum atomic E-state index is -1.57. The fourth-order valence-electron chi connectivity index (χ4n) is 4.46. The molecule has 11 heteroatoms. The third-order valence-electron chi connectivity index (χ3n) is 6.65. The summed E-state index contributed by atoms with van der Waals surface area (Å²) in [5.41, 5.74) is 0.157. The molecule has 41 heavy (non-hydrogen) atoms. The lowest BCUT2D eigenvalue weighted by Gasteiger charge is -2.26. The average molecular weight is 580 g/mol. The molecule has 2 aliphatic rings.